The van der Waals surface area contributed by atoms with E-state index in [0.29, 0.717) is 23.4 Å². The first-order chi connectivity index (χ1) is 11.3. The summed E-state index contributed by atoms with van der Waals surface area (Å²) >= 11 is 7.18. The molecule has 0 radical (unpaired) electrons. The largest absolute Gasteiger partial charge is 0.409 e. The normalized spacial score (nSPS) is 18.5. The van der Waals surface area contributed by atoms with Crippen LogP contribution in [-0.4, -0.2) is 21.2 Å². The average Bonchev–Trinajstić information content (AvgIpc) is 3.30. The van der Waals surface area contributed by atoms with Crippen LogP contribution in [0.25, 0.3) is 11.5 Å². The Morgan fingerprint density at radius 3 is 2.87 bits per heavy atom. The molecule has 0 N–H and O–H groups in total. The highest BCUT2D eigenvalue weighted by atomic mass is 32.1. The minimum Gasteiger partial charge on any atom is -0.409 e. The topological polar surface area (TPSA) is 34.2 Å². The van der Waals surface area contributed by atoms with Crippen molar-refractivity contribution in [2.24, 2.45) is 0 Å². The first kappa shape index (κ1) is 14.8. The maximum absolute atomic E-state index is 5.68. The van der Waals surface area contributed by atoms with Gasteiger partial charge in [0.05, 0.1) is 6.67 Å². The molecule has 4 rings (SSSR count). The van der Waals surface area contributed by atoms with Crippen molar-refractivity contribution in [3.63, 3.8) is 0 Å². The van der Waals surface area contributed by atoms with Crippen LogP contribution in [0.3, 0.4) is 0 Å². The van der Waals surface area contributed by atoms with E-state index < -0.39 is 0 Å². The highest BCUT2D eigenvalue weighted by molar-refractivity contribution is 7.71. The molecule has 0 aliphatic carbocycles. The molecule has 0 saturated carbocycles. The second-order valence-electron chi connectivity index (χ2n) is 5.67. The molecule has 1 aliphatic rings. The summed E-state index contributed by atoms with van der Waals surface area (Å²) in [5.41, 5.74) is 0.952. The number of thiophene rings is 1. The molecule has 0 amide bonds. The molecule has 1 unspecified atom stereocenters. The summed E-state index contributed by atoms with van der Waals surface area (Å²) in [5.74, 6) is 0.586. The van der Waals surface area contributed by atoms with E-state index in [2.05, 4.69) is 27.5 Å². The van der Waals surface area contributed by atoms with Crippen molar-refractivity contribution < 1.29 is 4.42 Å². The molecule has 23 heavy (non-hydrogen) atoms. The maximum Gasteiger partial charge on any atom is 0.288 e. The second-order valence-corrected chi connectivity index (χ2v) is 6.99. The Balaban J connectivity index is 1.57. The third kappa shape index (κ3) is 3.02. The Labute approximate surface area is 144 Å². The first-order valence-corrected chi connectivity index (χ1v) is 9.01. The Hall–Kier alpha value is -1.76. The molecule has 3 heterocycles. The third-order valence-corrected chi connectivity index (χ3v) is 5.45. The van der Waals surface area contributed by atoms with Gasteiger partial charge in [0.15, 0.2) is 0 Å². The lowest BCUT2D eigenvalue weighted by molar-refractivity contribution is 0.190. The predicted octanol–water partition coefficient (Wildman–Crippen LogP) is 4.73. The lowest BCUT2D eigenvalue weighted by atomic mass is 10.2. The van der Waals surface area contributed by atoms with Gasteiger partial charge >= 0.3 is 0 Å². The monoisotopic (exact) mass is 343 g/mol. The van der Waals surface area contributed by atoms with E-state index >= 15 is 0 Å². The molecule has 4 nitrogen and oxygen atoms in total. The molecular formula is C17H17N3OS2. The van der Waals surface area contributed by atoms with Crippen molar-refractivity contribution in [1.29, 1.82) is 0 Å². The number of benzene rings is 1. The van der Waals surface area contributed by atoms with Gasteiger partial charge in [0, 0.05) is 23.0 Å². The minimum atomic E-state index is 0.431. The van der Waals surface area contributed by atoms with Gasteiger partial charge in [-0.3, -0.25) is 4.90 Å². The predicted molar refractivity (Wildman–Crippen MR) is 93.8 cm³/mol. The summed E-state index contributed by atoms with van der Waals surface area (Å²) in [4.78, 5) is 4.28. The zero-order chi connectivity index (χ0) is 15.6. The van der Waals surface area contributed by atoms with Crippen molar-refractivity contribution in [1.82, 2.24) is 14.7 Å². The number of hydrogen-bond donors (Lipinski definition) is 0. The fourth-order valence-electron chi connectivity index (χ4n) is 3.06. The fourth-order valence-corrected chi connectivity index (χ4v) is 4.14. The number of likely N-dealkylation sites (tertiary alicyclic amines) is 1. The van der Waals surface area contributed by atoms with Crippen molar-refractivity contribution in [3.05, 3.63) is 57.6 Å². The van der Waals surface area contributed by atoms with Gasteiger partial charge in [-0.1, -0.05) is 24.3 Å². The fraction of sp³-hybridized carbons (Fsp3) is 0.294. The van der Waals surface area contributed by atoms with E-state index in [0.717, 1.165) is 12.1 Å². The van der Waals surface area contributed by atoms with Crippen LogP contribution in [0.4, 0.5) is 0 Å². The Morgan fingerprint density at radius 1 is 1.22 bits per heavy atom. The van der Waals surface area contributed by atoms with Gasteiger partial charge in [0.2, 0.25) is 5.89 Å². The summed E-state index contributed by atoms with van der Waals surface area (Å²) in [5, 5.41) is 6.71. The van der Waals surface area contributed by atoms with Crippen LogP contribution in [0.15, 0.2) is 52.3 Å². The molecular weight excluding hydrogens is 326 g/mol. The summed E-state index contributed by atoms with van der Waals surface area (Å²) in [6, 6.07) is 14.7. The third-order valence-electron chi connectivity index (χ3n) is 4.18. The number of aromatic nitrogens is 2. The van der Waals surface area contributed by atoms with Gasteiger partial charge in [0.1, 0.15) is 0 Å². The molecule has 1 atom stereocenters. The van der Waals surface area contributed by atoms with Gasteiger partial charge in [-0.05, 0) is 48.6 Å². The first-order valence-electron chi connectivity index (χ1n) is 7.72. The number of nitrogens with zero attached hydrogens (tertiary/aromatic N) is 3. The van der Waals surface area contributed by atoms with E-state index in [1.165, 1.54) is 17.7 Å². The zero-order valence-electron chi connectivity index (χ0n) is 12.6. The summed E-state index contributed by atoms with van der Waals surface area (Å²) in [6.07, 6.45) is 2.40. The zero-order valence-corrected chi connectivity index (χ0v) is 14.2. The molecule has 3 aromatic rings. The number of rotatable bonds is 4. The molecule has 0 spiro atoms. The lowest BCUT2D eigenvalue weighted by Gasteiger charge is -2.22. The molecule has 118 valence electrons. The van der Waals surface area contributed by atoms with Crippen LogP contribution < -0.4 is 0 Å². The number of hydrogen-bond acceptors (Lipinski definition) is 5. The second kappa shape index (κ2) is 6.39. The van der Waals surface area contributed by atoms with Crippen LogP contribution >= 0.6 is 23.6 Å². The maximum atomic E-state index is 5.68. The summed E-state index contributed by atoms with van der Waals surface area (Å²) in [6.45, 7) is 1.75. The summed E-state index contributed by atoms with van der Waals surface area (Å²) in [7, 11) is 0. The van der Waals surface area contributed by atoms with Crippen LogP contribution in [0.5, 0.6) is 0 Å². The Bertz CT molecular complexity index is 823. The molecule has 1 fully saturated rings. The van der Waals surface area contributed by atoms with E-state index in [4.69, 9.17) is 16.6 Å². The van der Waals surface area contributed by atoms with Crippen molar-refractivity contribution in [2.75, 3.05) is 6.54 Å². The summed E-state index contributed by atoms with van der Waals surface area (Å²) < 4.78 is 7.47. The Morgan fingerprint density at radius 2 is 2.09 bits per heavy atom. The minimum absolute atomic E-state index is 0.431. The molecule has 0 bridgehead atoms. The van der Waals surface area contributed by atoms with Crippen LogP contribution in [-0.2, 0) is 6.67 Å². The van der Waals surface area contributed by atoms with E-state index in [-0.39, 0.29) is 0 Å². The van der Waals surface area contributed by atoms with Crippen molar-refractivity contribution in [2.45, 2.75) is 25.6 Å². The quantitative estimate of drug-likeness (QED) is 0.642. The van der Waals surface area contributed by atoms with Gasteiger partial charge < -0.3 is 4.42 Å². The Kier molecular flexibility index (Phi) is 4.11. The van der Waals surface area contributed by atoms with Gasteiger partial charge in [-0.2, -0.15) is 0 Å². The van der Waals surface area contributed by atoms with Gasteiger partial charge in [0.25, 0.3) is 4.84 Å². The molecule has 1 saturated heterocycles. The standard InChI is InChI=1S/C17H17N3OS2/c22-17-20(18-16(21-17)13-6-2-1-3-7-13)12-19-10-4-8-14(19)15-9-5-11-23-15/h1-3,5-7,9,11,14H,4,8,10,12H2. The van der Waals surface area contributed by atoms with Gasteiger partial charge in [-0.25, -0.2) is 4.68 Å². The van der Waals surface area contributed by atoms with Crippen molar-refractivity contribution >= 4 is 23.6 Å². The van der Waals surface area contributed by atoms with E-state index in [9.17, 15) is 0 Å². The van der Waals surface area contributed by atoms with E-state index in [1.54, 1.807) is 4.68 Å². The highest BCUT2D eigenvalue weighted by Crippen LogP contribution is 2.34. The smallest absolute Gasteiger partial charge is 0.288 e. The van der Waals surface area contributed by atoms with Crippen LogP contribution in [0.1, 0.15) is 23.8 Å². The molecule has 1 aromatic carbocycles. The van der Waals surface area contributed by atoms with E-state index in [1.807, 2.05) is 41.7 Å². The van der Waals surface area contributed by atoms with Crippen LogP contribution in [0, 0.1) is 4.84 Å². The highest BCUT2D eigenvalue weighted by Gasteiger charge is 2.27. The van der Waals surface area contributed by atoms with Gasteiger partial charge in [-0.15, -0.1) is 16.4 Å². The van der Waals surface area contributed by atoms with Crippen molar-refractivity contribution in [3.8, 4) is 11.5 Å². The molecule has 2 aromatic heterocycles. The molecule has 1 aliphatic heterocycles. The molecule has 6 heteroatoms. The lowest BCUT2D eigenvalue weighted by Crippen LogP contribution is -2.26. The van der Waals surface area contributed by atoms with Crippen LogP contribution in [0.2, 0.25) is 0 Å². The SMILES string of the molecule is S=c1oc(-c2ccccc2)nn1CN1CCCC1c1cccs1. The average molecular weight is 343 g/mol.